The number of aromatic nitrogens is 1. The molecule has 0 bridgehead atoms. The Hall–Kier alpha value is -0.850. The third-order valence-corrected chi connectivity index (χ3v) is 4.07. The second-order valence-corrected chi connectivity index (χ2v) is 6.00. The highest BCUT2D eigenvalue weighted by molar-refractivity contribution is 5.21. The molecular formula is C19H34N+. The molecule has 1 heterocycles. The fourth-order valence-corrected chi connectivity index (χ4v) is 2.70. The number of aryl methyl sites for hydroxylation is 3. The van der Waals surface area contributed by atoms with Gasteiger partial charge in [-0.1, -0.05) is 52.9 Å². The standard InChI is InChI=1S/C19H34N/c1-4-7-10-12-18-14-16-20(15-9-6-3)17-19(18)13-11-8-5-2/h14,16-17H,4-13,15H2,1-3H3/q+1. The Kier molecular flexibility index (Phi) is 9.36. The van der Waals surface area contributed by atoms with Gasteiger partial charge in [-0.3, -0.25) is 0 Å². The molecule has 0 spiro atoms. The summed E-state index contributed by atoms with van der Waals surface area (Å²) < 4.78 is 2.40. The molecule has 0 radical (unpaired) electrons. The Labute approximate surface area is 126 Å². The van der Waals surface area contributed by atoms with Gasteiger partial charge in [0.05, 0.1) is 0 Å². The minimum Gasteiger partial charge on any atom is -0.205 e. The van der Waals surface area contributed by atoms with Crippen molar-refractivity contribution >= 4 is 0 Å². The molecule has 0 atom stereocenters. The molecule has 0 N–H and O–H groups in total. The first-order chi connectivity index (χ1) is 9.81. The average molecular weight is 276 g/mol. The first-order valence-electron chi connectivity index (χ1n) is 8.82. The van der Waals surface area contributed by atoms with Crippen LogP contribution >= 0.6 is 0 Å². The molecule has 0 aromatic carbocycles. The normalized spacial score (nSPS) is 10.9. The molecule has 1 heteroatoms. The second kappa shape index (κ2) is 10.9. The van der Waals surface area contributed by atoms with Crippen molar-refractivity contribution in [2.45, 2.75) is 91.5 Å². The minimum atomic E-state index is 1.17. The average Bonchev–Trinajstić information content (AvgIpc) is 2.47. The van der Waals surface area contributed by atoms with Crippen LogP contribution in [-0.4, -0.2) is 0 Å². The predicted molar refractivity (Wildman–Crippen MR) is 88.0 cm³/mol. The smallest absolute Gasteiger partial charge is 0.172 e. The van der Waals surface area contributed by atoms with Crippen LogP contribution in [0.25, 0.3) is 0 Å². The molecule has 0 aliphatic heterocycles. The molecular weight excluding hydrogens is 242 g/mol. The summed E-state index contributed by atoms with van der Waals surface area (Å²) in [5.41, 5.74) is 3.20. The minimum absolute atomic E-state index is 1.17. The van der Waals surface area contributed by atoms with Gasteiger partial charge in [-0.05, 0) is 31.2 Å². The van der Waals surface area contributed by atoms with Crippen LogP contribution in [0.4, 0.5) is 0 Å². The number of hydrogen-bond donors (Lipinski definition) is 0. The maximum absolute atomic E-state index is 2.42. The Balaban J connectivity index is 2.68. The second-order valence-electron chi connectivity index (χ2n) is 6.00. The summed E-state index contributed by atoms with van der Waals surface area (Å²) in [6.45, 7) is 8.01. The lowest BCUT2D eigenvalue weighted by molar-refractivity contribution is -0.697. The van der Waals surface area contributed by atoms with Gasteiger partial charge in [-0.2, -0.15) is 0 Å². The highest BCUT2D eigenvalue weighted by atomic mass is 14.9. The number of rotatable bonds is 11. The van der Waals surface area contributed by atoms with Crippen molar-refractivity contribution in [1.29, 1.82) is 0 Å². The SMILES string of the molecule is CCCCCc1cc[n+](CCCC)cc1CCCCC. The van der Waals surface area contributed by atoms with Crippen molar-refractivity contribution in [2.24, 2.45) is 0 Å². The quantitative estimate of drug-likeness (QED) is 0.384. The zero-order valence-electron chi connectivity index (χ0n) is 14.0. The summed E-state index contributed by atoms with van der Waals surface area (Å²) in [6, 6.07) is 2.38. The largest absolute Gasteiger partial charge is 0.205 e. The van der Waals surface area contributed by atoms with Crippen molar-refractivity contribution in [3.8, 4) is 0 Å². The number of unbranched alkanes of at least 4 members (excludes halogenated alkanes) is 5. The molecule has 0 aliphatic carbocycles. The summed E-state index contributed by atoms with van der Waals surface area (Å²) in [5.74, 6) is 0. The van der Waals surface area contributed by atoms with Crippen LogP contribution < -0.4 is 4.57 Å². The van der Waals surface area contributed by atoms with Crippen LogP contribution in [0.2, 0.25) is 0 Å². The van der Waals surface area contributed by atoms with E-state index in [9.17, 15) is 0 Å². The third kappa shape index (κ3) is 6.54. The lowest BCUT2D eigenvalue weighted by atomic mass is 9.99. The van der Waals surface area contributed by atoms with E-state index in [4.69, 9.17) is 0 Å². The summed E-state index contributed by atoms with van der Waals surface area (Å²) in [4.78, 5) is 0. The first-order valence-corrected chi connectivity index (χ1v) is 8.82. The highest BCUT2D eigenvalue weighted by Gasteiger charge is 2.09. The summed E-state index contributed by atoms with van der Waals surface area (Å²) in [7, 11) is 0. The highest BCUT2D eigenvalue weighted by Crippen LogP contribution is 2.14. The summed E-state index contributed by atoms with van der Waals surface area (Å²) >= 11 is 0. The van der Waals surface area contributed by atoms with E-state index in [0.29, 0.717) is 0 Å². The summed E-state index contributed by atoms with van der Waals surface area (Å²) in [6.07, 6.45) is 17.8. The van der Waals surface area contributed by atoms with Gasteiger partial charge < -0.3 is 0 Å². The molecule has 0 saturated carbocycles. The topological polar surface area (TPSA) is 3.88 Å². The van der Waals surface area contributed by atoms with Crippen LogP contribution in [-0.2, 0) is 19.4 Å². The van der Waals surface area contributed by atoms with Gasteiger partial charge in [0.1, 0.15) is 6.54 Å². The Bertz CT molecular complexity index is 357. The molecule has 0 unspecified atom stereocenters. The van der Waals surface area contributed by atoms with Gasteiger partial charge in [-0.25, -0.2) is 4.57 Å². The van der Waals surface area contributed by atoms with Crippen LogP contribution in [0, 0.1) is 0 Å². The molecule has 1 nitrogen and oxygen atoms in total. The van der Waals surface area contributed by atoms with Gasteiger partial charge >= 0.3 is 0 Å². The third-order valence-electron chi connectivity index (χ3n) is 4.07. The van der Waals surface area contributed by atoms with Gasteiger partial charge in [0.15, 0.2) is 12.4 Å². The number of pyridine rings is 1. The molecule has 0 aliphatic rings. The lowest BCUT2D eigenvalue weighted by Crippen LogP contribution is -2.33. The molecule has 0 saturated heterocycles. The Morgan fingerprint density at radius 3 is 1.95 bits per heavy atom. The van der Waals surface area contributed by atoms with E-state index < -0.39 is 0 Å². The first kappa shape index (κ1) is 17.2. The molecule has 0 amide bonds. The Morgan fingerprint density at radius 2 is 1.35 bits per heavy atom. The zero-order valence-corrected chi connectivity index (χ0v) is 14.0. The van der Waals surface area contributed by atoms with E-state index in [0.717, 1.165) is 0 Å². The van der Waals surface area contributed by atoms with Gasteiger partial charge in [0.2, 0.25) is 0 Å². The lowest BCUT2D eigenvalue weighted by Gasteiger charge is -2.08. The molecule has 0 fully saturated rings. The Morgan fingerprint density at radius 1 is 0.750 bits per heavy atom. The molecule has 20 heavy (non-hydrogen) atoms. The van der Waals surface area contributed by atoms with E-state index in [2.05, 4.69) is 43.8 Å². The predicted octanol–water partition coefficient (Wildman–Crippen LogP) is 5.24. The number of hydrogen-bond acceptors (Lipinski definition) is 0. The molecule has 1 aromatic rings. The zero-order chi connectivity index (χ0) is 14.6. The van der Waals surface area contributed by atoms with E-state index in [1.807, 2.05) is 0 Å². The fourth-order valence-electron chi connectivity index (χ4n) is 2.70. The van der Waals surface area contributed by atoms with E-state index >= 15 is 0 Å². The van der Waals surface area contributed by atoms with Crippen molar-refractivity contribution in [1.82, 2.24) is 0 Å². The number of nitrogens with zero attached hydrogens (tertiary/aromatic N) is 1. The molecule has 114 valence electrons. The van der Waals surface area contributed by atoms with Crippen molar-refractivity contribution < 1.29 is 4.57 Å². The van der Waals surface area contributed by atoms with Crippen LogP contribution in [0.1, 0.15) is 83.3 Å². The fraction of sp³-hybridized carbons (Fsp3) is 0.737. The van der Waals surface area contributed by atoms with E-state index in [1.54, 1.807) is 11.1 Å². The van der Waals surface area contributed by atoms with Gasteiger partial charge in [0, 0.05) is 18.1 Å². The maximum Gasteiger partial charge on any atom is 0.172 e. The van der Waals surface area contributed by atoms with E-state index in [1.165, 1.54) is 70.8 Å². The van der Waals surface area contributed by atoms with Crippen LogP contribution in [0.5, 0.6) is 0 Å². The van der Waals surface area contributed by atoms with Crippen molar-refractivity contribution in [3.63, 3.8) is 0 Å². The molecule has 1 rings (SSSR count). The van der Waals surface area contributed by atoms with Crippen molar-refractivity contribution in [3.05, 3.63) is 29.6 Å². The van der Waals surface area contributed by atoms with Crippen LogP contribution in [0.3, 0.4) is 0 Å². The van der Waals surface area contributed by atoms with E-state index in [-0.39, 0.29) is 0 Å². The van der Waals surface area contributed by atoms with Crippen molar-refractivity contribution in [2.75, 3.05) is 0 Å². The maximum atomic E-state index is 2.42. The summed E-state index contributed by atoms with van der Waals surface area (Å²) in [5, 5.41) is 0. The van der Waals surface area contributed by atoms with Gasteiger partial charge in [0.25, 0.3) is 0 Å². The molecule has 1 aromatic heterocycles. The van der Waals surface area contributed by atoms with Gasteiger partial charge in [-0.15, -0.1) is 0 Å². The van der Waals surface area contributed by atoms with Crippen LogP contribution in [0.15, 0.2) is 18.5 Å². The monoisotopic (exact) mass is 276 g/mol.